The van der Waals surface area contributed by atoms with Gasteiger partial charge in [-0.2, -0.15) is 0 Å². The van der Waals surface area contributed by atoms with Crippen molar-refractivity contribution in [3.05, 3.63) is 35.9 Å². The predicted octanol–water partition coefficient (Wildman–Crippen LogP) is 2.30. The van der Waals surface area contributed by atoms with Gasteiger partial charge in [0, 0.05) is 52.4 Å². The number of nitrogens with two attached hydrogens (primary N) is 1. The van der Waals surface area contributed by atoms with E-state index in [1.807, 2.05) is 0 Å². The van der Waals surface area contributed by atoms with Crippen LogP contribution in [-0.2, 0) is 16.0 Å². The topological polar surface area (TPSA) is 75.4 Å². The Morgan fingerprint density at radius 1 is 1.06 bits per heavy atom. The molecule has 1 aromatic rings. The van der Waals surface area contributed by atoms with Crippen LogP contribution in [0.4, 0.5) is 0 Å². The largest absolute Gasteiger partial charge is 0.379 e. The number of piperidine rings is 1. The van der Waals surface area contributed by atoms with E-state index in [9.17, 15) is 0 Å². The molecule has 0 amide bonds. The van der Waals surface area contributed by atoms with E-state index in [0.29, 0.717) is 12.1 Å². The van der Waals surface area contributed by atoms with Crippen molar-refractivity contribution >= 4 is 29.9 Å². The lowest BCUT2D eigenvalue weighted by molar-refractivity contribution is 0.00566. The molecule has 2 aliphatic rings. The summed E-state index contributed by atoms with van der Waals surface area (Å²) < 4.78 is 11.4. The SMILES string of the molecule is I.NC(=NCCCOC1CCN(Cc2ccccc2)CC1)NCCCN1CCOCC1. The lowest BCUT2D eigenvalue weighted by atomic mass is 10.1. The zero-order valence-corrected chi connectivity index (χ0v) is 21.0. The molecular weight excluding hydrogens is 505 g/mol. The maximum Gasteiger partial charge on any atom is 0.188 e. The Labute approximate surface area is 204 Å². The van der Waals surface area contributed by atoms with Gasteiger partial charge in [0.25, 0.3) is 0 Å². The summed E-state index contributed by atoms with van der Waals surface area (Å²) in [5.74, 6) is 0.547. The third-order valence-electron chi connectivity index (χ3n) is 5.78. The van der Waals surface area contributed by atoms with Gasteiger partial charge in [0.1, 0.15) is 0 Å². The molecule has 2 aliphatic heterocycles. The second-order valence-electron chi connectivity index (χ2n) is 8.19. The molecule has 1 aromatic carbocycles. The Morgan fingerprint density at radius 2 is 1.81 bits per heavy atom. The molecule has 2 saturated heterocycles. The molecule has 0 radical (unpaired) electrons. The lowest BCUT2D eigenvalue weighted by Gasteiger charge is -2.31. The molecule has 0 bridgehead atoms. The molecule has 31 heavy (non-hydrogen) atoms. The van der Waals surface area contributed by atoms with Crippen LogP contribution in [0.15, 0.2) is 35.3 Å². The van der Waals surface area contributed by atoms with Gasteiger partial charge in [0.15, 0.2) is 5.96 Å². The average molecular weight is 546 g/mol. The molecule has 2 fully saturated rings. The highest BCUT2D eigenvalue weighted by Gasteiger charge is 2.19. The minimum atomic E-state index is 0. The minimum Gasteiger partial charge on any atom is -0.379 e. The number of halogens is 1. The Bertz CT molecular complexity index is 605. The number of guanidine groups is 1. The number of nitrogens with zero attached hydrogens (tertiary/aromatic N) is 3. The Morgan fingerprint density at radius 3 is 2.55 bits per heavy atom. The third-order valence-corrected chi connectivity index (χ3v) is 5.78. The zero-order chi connectivity index (χ0) is 20.9. The number of morpholine rings is 1. The number of likely N-dealkylation sites (tertiary alicyclic amines) is 1. The molecule has 3 rings (SSSR count). The van der Waals surface area contributed by atoms with Crippen LogP contribution in [0.25, 0.3) is 0 Å². The second kappa shape index (κ2) is 15.8. The molecule has 0 unspecified atom stereocenters. The summed E-state index contributed by atoms with van der Waals surface area (Å²) in [6.45, 7) is 10.5. The van der Waals surface area contributed by atoms with Gasteiger partial charge < -0.3 is 20.5 Å². The number of ether oxygens (including phenoxy) is 2. The number of hydrogen-bond donors (Lipinski definition) is 2. The first-order valence-electron chi connectivity index (χ1n) is 11.5. The molecule has 2 heterocycles. The van der Waals surface area contributed by atoms with Crippen LogP contribution in [0.3, 0.4) is 0 Å². The van der Waals surface area contributed by atoms with Crippen molar-refractivity contribution in [2.45, 2.75) is 38.3 Å². The van der Waals surface area contributed by atoms with E-state index >= 15 is 0 Å². The normalized spacial score (nSPS) is 19.2. The van der Waals surface area contributed by atoms with Crippen LogP contribution >= 0.6 is 24.0 Å². The highest BCUT2D eigenvalue weighted by molar-refractivity contribution is 14.0. The molecule has 3 N–H and O–H groups in total. The van der Waals surface area contributed by atoms with Gasteiger partial charge in [0.2, 0.25) is 0 Å². The second-order valence-corrected chi connectivity index (χ2v) is 8.19. The van der Waals surface area contributed by atoms with Crippen LogP contribution < -0.4 is 11.1 Å². The van der Waals surface area contributed by atoms with Crippen LogP contribution in [0, 0.1) is 0 Å². The molecule has 0 aromatic heterocycles. The number of rotatable bonds is 11. The minimum absolute atomic E-state index is 0. The monoisotopic (exact) mass is 545 g/mol. The first-order chi connectivity index (χ1) is 14.8. The van der Waals surface area contributed by atoms with Gasteiger partial charge >= 0.3 is 0 Å². The van der Waals surface area contributed by atoms with E-state index in [0.717, 1.165) is 97.9 Å². The fourth-order valence-electron chi connectivity index (χ4n) is 3.99. The van der Waals surface area contributed by atoms with Gasteiger partial charge in [-0.1, -0.05) is 30.3 Å². The van der Waals surface area contributed by atoms with Crippen molar-refractivity contribution < 1.29 is 9.47 Å². The molecular formula is C23H40IN5O2. The summed E-state index contributed by atoms with van der Waals surface area (Å²) in [6.07, 6.45) is 4.60. The third kappa shape index (κ3) is 11.0. The van der Waals surface area contributed by atoms with Gasteiger partial charge in [-0.05, 0) is 37.8 Å². The highest BCUT2D eigenvalue weighted by Crippen LogP contribution is 2.16. The van der Waals surface area contributed by atoms with Crippen molar-refractivity contribution in [2.24, 2.45) is 10.7 Å². The van der Waals surface area contributed by atoms with E-state index in [-0.39, 0.29) is 24.0 Å². The van der Waals surface area contributed by atoms with Gasteiger partial charge in [0.05, 0.1) is 19.3 Å². The van der Waals surface area contributed by atoms with Gasteiger partial charge in [-0.3, -0.25) is 14.8 Å². The first-order valence-corrected chi connectivity index (χ1v) is 11.5. The lowest BCUT2D eigenvalue weighted by Crippen LogP contribution is -2.39. The fourth-order valence-corrected chi connectivity index (χ4v) is 3.99. The Hall–Kier alpha value is -0.940. The van der Waals surface area contributed by atoms with E-state index in [1.54, 1.807) is 0 Å². The smallest absolute Gasteiger partial charge is 0.188 e. The van der Waals surface area contributed by atoms with E-state index in [2.05, 4.69) is 50.4 Å². The quantitative estimate of drug-likeness (QED) is 0.193. The summed E-state index contributed by atoms with van der Waals surface area (Å²) in [5.41, 5.74) is 7.35. The van der Waals surface area contributed by atoms with Crippen molar-refractivity contribution in [1.82, 2.24) is 15.1 Å². The van der Waals surface area contributed by atoms with Crippen molar-refractivity contribution in [3.63, 3.8) is 0 Å². The molecule has 0 spiro atoms. The number of aliphatic imine (C=N–C) groups is 1. The highest BCUT2D eigenvalue weighted by atomic mass is 127. The average Bonchev–Trinajstić information content (AvgIpc) is 2.79. The number of hydrogen-bond acceptors (Lipinski definition) is 5. The summed E-state index contributed by atoms with van der Waals surface area (Å²) in [6, 6.07) is 10.7. The first kappa shape index (κ1) is 26.3. The summed E-state index contributed by atoms with van der Waals surface area (Å²) in [4.78, 5) is 9.36. The van der Waals surface area contributed by atoms with Crippen molar-refractivity contribution in [2.75, 3.05) is 65.6 Å². The summed E-state index contributed by atoms with van der Waals surface area (Å²) in [7, 11) is 0. The maximum absolute atomic E-state index is 6.06. The van der Waals surface area contributed by atoms with E-state index in [4.69, 9.17) is 15.2 Å². The van der Waals surface area contributed by atoms with Crippen LogP contribution in [0.1, 0.15) is 31.2 Å². The zero-order valence-electron chi connectivity index (χ0n) is 18.7. The Kier molecular flexibility index (Phi) is 13.4. The molecule has 0 atom stereocenters. The number of nitrogens with one attached hydrogen (secondary N) is 1. The fraction of sp³-hybridized carbons (Fsp3) is 0.696. The molecule has 176 valence electrons. The summed E-state index contributed by atoms with van der Waals surface area (Å²) in [5, 5.41) is 3.21. The standard InChI is InChI=1S/C23H39N5O2.HI/c24-23(25-10-4-12-27-15-18-29-19-16-27)26-11-5-17-30-22-8-13-28(14-9-22)20-21-6-2-1-3-7-21;/h1-3,6-7,22H,4-5,8-20H2,(H3,24,25,26);1H. The molecule has 0 saturated carbocycles. The number of benzene rings is 1. The summed E-state index contributed by atoms with van der Waals surface area (Å²) >= 11 is 0. The van der Waals surface area contributed by atoms with Crippen LogP contribution in [-0.4, -0.2) is 87.5 Å². The van der Waals surface area contributed by atoms with Crippen LogP contribution in [0.2, 0.25) is 0 Å². The van der Waals surface area contributed by atoms with Gasteiger partial charge in [-0.15, -0.1) is 24.0 Å². The van der Waals surface area contributed by atoms with Crippen molar-refractivity contribution in [1.29, 1.82) is 0 Å². The van der Waals surface area contributed by atoms with Gasteiger partial charge in [-0.25, -0.2) is 0 Å². The van der Waals surface area contributed by atoms with E-state index < -0.39 is 0 Å². The molecule has 7 nitrogen and oxygen atoms in total. The molecule has 8 heteroatoms. The van der Waals surface area contributed by atoms with Crippen molar-refractivity contribution in [3.8, 4) is 0 Å². The predicted molar refractivity (Wildman–Crippen MR) is 137 cm³/mol. The maximum atomic E-state index is 6.06. The van der Waals surface area contributed by atoms with E-state index in [1.165, 1.54) is 5.56 Å². The Balaban J connectivity index is 0.00000341. The molecule has 0 aliphatic carbocycles. The van der Waals surface area contributed by atoms with Crippen LogP contribution in [0.5, 0.6) is 0 Å².